The van der Waals surface area contributed by atoms with Crippen molar-refractivity contribution < 1.29 is 9.83 Å². The Labute approximate surface area is 68.3 Å². The molecule has 0 saturated heterocycles. The van der Waals surface area contributed by atoms with Gasteiger partial charge in [-0.25, -0.2) is 10.1 Å². The van der Waals surface area contributed by atoms with Gasteiger partial charge in [-0.15, -0.1) is 0 Å². The van der Waals surface area contributed by atoms with Crippen LogP contribution in [0.15, 0.2) is 30.3 Å². The van der Waals surface area contributed by atoms with Crippen LogP contribution in [0.4, 0.5) is 5.69 Å². The molecule has 1 aromatic carbocycles. The van der Waals surface area contributed by atoms with Crippen LogP contribution >= 0.6 is 0 Å². The van der Waals surface area contributed by atoms with Crippen LogP contribution in [0.3, 0.4) is 0 Å². The van der Waals surface area contributed by atoms with E-state index in [-0.39, 0.29) is 5.69 Å². The Kier molecular flexibility index (Phi) is 2.37. The van der Waals surface area contributed by atoms with Crippen molar-refractivity contribution in [3.8, 4) is 0 Å². The van der Waals surface area contributed by atoms with Gasteiger partial charge in [0.05, 0.1) is 0 Å². The van der Waals surface area contributed by atoms with Gasteiger partial charge in [0.15, 0.2) is 5.03 Å². The Hall–Kier alpha value is -1.91. The average molecular weight is 165 g/mol. The normalized spacial score (nSPS) is 9.00. The van der Waals surface area contributed by atoms with Gasteiger partial charge in [-0.2, -0.15) is 0 Å². The molecule has 0 fully saturated rings. The Morgan fingerprint density at radius 1 is 1.33 bits per heavy atom. The molecule has 1 amide bonds. The summed E-state index contributed by atoms with van der Waals surface area (Å²) in [6.07, 6.45) is 1.20. The van der Waals surface area contributed by atoms with Crippen molar-refractivity contribution in [3.05, 3.63) is 40.4 Å². The van der Waals surface area contributed by atoms with E-state index in [9.17, 15) is 14.9 Å². The van der Waals surface area contributed by atoms with Crippen LogP contribution in [0.2, 0.25) is 0 Å². The standard InChI is InChI=1S/C7H5N2O3/c10-6-8(9(11)12)7-4-2-1-3-5-7/h1-5H. The average Bonchev–Trinajstić information content (AvgIpc) is 2.07. The van der Waals surface area contributed by atoms with Gasteiger partial charge >= 0.3 is 6.41 Å². The van der Waals surface area contributed by atoms with Crippen LogP contribution in [0.1, 0.15) is 0 Å². The lowest BCUT2D eigenvalue weighted by Gasteiger charge is -2.03. The minimum atomic E-state index is -0.831. The molecule has 1 radical (unpaired) electrons. The van der Waals surface area contributed by atoms with Crippen molar-refractivity contribution >= 4 is 12.1 Å². The highest BCUT2D eigenvalue weighted by molar-refractivity contribution is 5.71. The third-order valence-corrected chi connectivity index (χ3v) is 1.25. The lowest BCUT2D eigenvalue weighted by atomic mass is 10.3. The van der Waals surface area contributed by atoms with Gasteiger partial charge in [-0.1, -0.05) is 18.2 Å². The van der Waals surface area contributed by atoms with E-state index in [0.29, 0.717) is 5.01 Å². The molecular formula is C7H5N2O3. The molecule has 61 valence electrons. The number of benzene rings is 1. The maximum Gasteiger partial charge on any atom is 0.383 e. The van der Waals surface area contributed by atoms with Crippen LogP contribution in [0.5, 0.6) is 0 Å². The van der Waals surface area contributed by atoms with Crippen LogP contribution in [0.25, 0.3) is 0 Å². The van der Waals surface area contributed by atoms with Crippen molar-refractivity contribution in [2.24, 2.45) is 0 Å². The molecule has 5 nitrogen and oxygen atoms in total. The summed E-state index contributed by atoms with van der Waals surface area (Å²) >= 11 is 0. The van der Waals surface area contributed by atoms with Gasteiger partial charge in [-0.05, 0) is 17.1 Å². The first kappa shape index (κ1) is 8.19. The molecule has 1 rings (SSSR count). The molecule has 0 aromatic heterocycles. The summed E-state index contributed by atoms with van der Waals surface area (Å²) in [5.41, 5.74) is 0.192. The van der Waals surface area contributed by atoms with Gasteiger partial charge in [0, 0.05) is 0 Å². The summed E-state index contributed by atoms with van der Waals surface area (Å²) in [7, 11) is 0. The van der Waals surface area contributed by atoms with Crippen molar-refractivity contribution in [2.45, 2.75) is 0 Å². The number of para-hydroxylation sites is 1. The molecule has 12 heavy (non-hydrogen) atoms. The molecule has 5 heteroatoms. The van der Waals surface area contributed by atoms with Crippen LogP contribution in [0, 0.1) is 10.1 Å². The third kappa shape index (κ3) is 1.57. The molecule has 0 N–H and O–H groups in total. The Bertz CT molecular complexity index is 286. The Morgan fingerprint density at radius 2 is 1.92 bits per heavy atom. The van der Waals surface area contributed by atoms with Crippen LogP contribution < -0.4 is 5.01 Å². The molecule has 0 atom stereocenters. The van der Waals surface area contributed by atoms with Gasteiger partial charge in [0.1, 0.15) is 5.69 Å². The van der Waals surface area contributed by atoms with Crippen LogP contribution in [-0.2, 0) is 4.79 Å². The summed E-state index contributed by atoms with van der Waals surface area (Å²) in [6, 6.07) is 7.81. The Balaban J connectivity index is 2.95. The monoisotopic (exact) mass is 165 g/mol. The predicted molar refractivity (Wildman–Crippen MR) is 41.6 cm³/mol. The molecule has 0 aliphatic rings. The number of amides is 1. The lowest BCUT2D eigenvalue weighted by molar-refractivity contribution is -0.479. The summed E-state index contributed by atoms with van der Waals surface area (Å²) in [4.78, 5) is 20.3. The smallest absolute Gasteiger partial charge is 0.256 e. The van der Waals surface area contributed by atoms with Gasteiger partial charge in [0.25, 0.3) is 0 Å². The van der Waals surface area contributed by atoms with Gasteiger partial charge < -0.3 is 0 Å². The van der Waals surface area contributed by atoms with Gasteiger partial charge in [0.2, 0.25) is 0 Å². The number of hydrazine groups is 1. The maximum absolute atomic E-state index is 10.2. The van der Waals surface area contributed by atoms with Crippen molar-refractivity contribution in [2.75, 3.05) is 5.01 Å². The second-order valence-corrected chi connectivity index (χ2v) is 1.98. The van der Waals surface area contributed by atoms with E-state index in [1.54, 1.807) is 18.2 Å². The zero-order chi connectivity index (χ0) is 8.97. The molecule has 0 unspecified atom stereocenters. The van der Waals surface area contributed by atoms with Crippen molar-refractivity contribution in [1.82, 2.24) is 0 Å². The first-order valence-electron chi connectivity index (χ1n) is 3.13. The maximum atomic E-state index is 10.2. The second kappa shape index (κ2) is 3.47. The summed E-state index contributed by atoms with van der Waals surface area (Å²) < 4.78 is 0. The number of rotatable bonds is 3. The van der Waals surface area contributed by atoms with Crippen molar-refractivity contribution in [3.63, 3.8) is 0 Å². The van der Waals surface area contributed by atoms with Gasteiger partial charge in [-0.3, -0.25) is 4.79 Å². The zero-order valence-corrected chi connectivity index (χ0v) is 6.01. The van der Waals surface area contributed by atoms with Crippen molar-refractivity contribution in [1.29, 1.82) is 0 Å². The lowest BCUT2D eigenvalue weighted by Crippen LogP contribution is -2.27. The van der Waals surface area contributed by atoms with E-state index < -0.39 is 5.03 Å². The van der Waals surface area contributed by atoms with E-state index >= 15 is 0 Å². The topological polar surface area (TPSA) is 63.5 Å². The highest BCUT2D eigenvalue weighted by Gasteiger charge is 2.15. The number of carbonyl (C=O) groups excluding carboxylic acids is 1. The zero-order valence-electron chi connectivity index (χ0n) is 6.01. The number of anilines is 1. The number of nitro groups is 1. The molecule has 0 saturated carbocycles. The molecule has 0 bridgehead atoms. The molecule has 0 spiro atoms. The first-order valence-corrected chi connectivity index (χ1v) is 3.13. The number of nitrogens with zero attached hydrogens (tertiary/aromatic N) is 2. The fourth-order valence-corrected chi connectivity index (χ4v) is 0.750. The minimum Gasteiger partial charge on any atom is -0.256 e. The second-order valence-electron chi connectivity index (χ2n) is 1.98. The first-order chi connectivity index (χ1) is 5.75. The Morgan fingerprint density at radius 3 is 2.33 bits per heavy atom. The largest absolute Gasteiger partial charge is 0.383 e. The number of hydrogen-bond acceptors (Lipinski definition) is 3. The molecule has 1 aromatic rings. The predicted octanol–water partition coefficient (Wildman–Crippen LogP) is 0.752. The highest BCUT2D eigenvalue weighted by atomic mass is 16.7. The third-order valence-electron chi connectivity index (χ3n) is 1.25. The van der Waals surface area contributed by atoms with E-state index in [1.807, 2.05) is 0 Å². The van der Waals surface area contributed by atoms with E-state index in [0.717, 1.165) is 0 Å². The molecule has 0 heterocycles. The van der Waals surface area contributed by atoms with E-state index in [1.165, 1.54) is 18.5 Å². The van der Waals surface area contributed by atoms with E-state index in [4.69, 9.17) is 0 Å². The molecule has 0 aliphatic heterocycles. The summed E-state index contributed by atoms with van der Waals surface area (Å²) in [5.74, 6) is 0. The highest BCUT2D eigenvalue weighted by Crippen LogP contribution is 2.10. The fourth-order valence-electron chi connectivity index (χ4n) is 0.750. The van der Waals surface area contributed by atoms with Crippen LogP contribution in [-0.4, -0.2) is 11.4 Å². The SMILES string of the molecule is O=[C]N(c1ccccc1)[N+](=O)[O-]. The summed E-state index contributed by atoms with van der Waals surface area (Å²) in [5, 5.41) is 9.66. The fraction of sp³-hybridized carbons (Fsp3) is 0. The quantitative estimate of drug-likeness (QED) is 0.377. The molecular weight excluding hydrogens is 160 g/mol. The number of hydrogen-bond donors (Lipinski definition) is 0. The van der Waals surface area contributed by atoms with E-state index in [2.05, 4.69) is 0 Å². The summed E-state index contributed by atoms with van der Waals surface area (Å²) in [6.45, 7) is 0. The molecule has 0 aliphatic carbocycles. The minimum absolute atomic E-state index is 0.192.